The number of thiazole rings is 1. The lowest BCUT2D eigenvalue weighted by Gasteiger charge is -2.42. The van der Waals surface area contributed by atoms with Gasteiger partial charge in [0, 0.05) is 31.4 Å². The third kappa shape index (κ3) is 3.68. The highest BCUT2D eigenvalue weighted by molar-refractivity contribution is 7.20. The molecule has 1 fully saturated rings. The quantitative estimate of drug-likeness (QED) is 0.458. The predicted molar refractivity (Wildman–Crippen MR) is 128 cm³/mol. The summed E-state index contributed by atoms with van der Waals surface area (Å²) in [5.41, 5.74) is 3.65. The Balaban J connectivity index is 1.40. The van der Waals surface area contributed by atoms with Crippen LogP contribution in [0.2, 0.25) is 5.02 Å². The molecule has 2 aromatic heterocycles. The zero-order valence-corrected chi connectivity index (χ0v) is 18.9. The molecule has 0 aliphatic carbocycles. The van der Waals surface area contributed by atoms with Gasteiger partial charge in [-0.25, -0.2) is 4.98 Å². The summed E-state index contributed by atoms with van der Waals surface area (Å²) in [4.78, 5) is 22.1. The topological polar surface area (TPSA) is 54.3 Å². The summed E-state index contributed by atoms with van der Waals surface area (Å²) in [6.45, 7) is 6.66. The molecule has 158 valence electrons. The van der Waals surface area contributed by atoms with Gasteiger partial charge < -0.3 is 9.80 Å². The number of aromatic nitrogens is 3. The van der Waals surface area contributed by atoms with Crippen LogP contribution >= 0.6 is 22.9 Å². The van der Waals surface area contributed by atoms with Gasteiger partial charge in [0.05, 0.1) is 22.1 Å². The number of piperazine rings is 1. The summed E-state index contributed by atoms with van der Waals surface area (Å²) < 4.78 is 2.30. The van der Waals surface area contributed by atoms with Crippen LogP contribution in [0, 0.1) is 6.92 Å². The molecule has 0 spiro atoms. The molecule has 4 aromatic rings. The second-order valence-corrected chi connectivity index (χ2v) is 9.24. The SMILES string of the molecule is Cc1ccc(N2CCN(c3cnn(-c4nc5ccccc5s4)c(=O)c3Cl)CC2C)cc1. The van der Waals surface area contributed by atoms with Crippen molar-refractivity contribution in [3.63, 3.8) is 0 Å². The van der Waals surface area contributed by atoms with Crippen LogP contribution in [-0.4, -0.2) is 40.4 Å². The van der Waals surface area contributed by atoms with Gasteiger partial charge in [0.2, 0.25) is 5.13 Å². The number of hydrogen-bond donors (Lipinski definition) is 0. The van der Waals surface area contributed by atoms with E-state index in [9.17, 15) is 4.79 Å². The fourth-order valence-electron chi connectivity index (χ4n) is 4.03. The van der Waals surface area contributed by atoms with Crippen LogP contribution in [0.5, 0.6) is 0 Å². The van der Waals surface area contributed by atoms with Gasteiger partial charge in [-0.15, -0.1) is 0 Å². The maximum Gasteiger partial charge on any atom is 0.294 e. The number of nitrogens with zero attached hydrogens (tertiary/aromatic N) is 5. The summed E-state index contributed by atoms with van der Waals surface area (Å²) in [6.07, 6.45) is 1.68. The fourth-order valence-corrected chi connectivity index (χ4v) is 5.20. The molecule has 0 saturated carbocycles. The first-order chi connectivity index (χ1) is 15.0. The molecule has 1 unspecified atom stereocenters. The largest absolute Gasteiger partial charge is 0.365 e. The highest BCUT2D eigenvalue weighted by atomic mass is 35.5. The number of fused-ring (bicyclic) bond motifs is 1. The van der Waals surface area contributed by atoms with E-state index in [4.69, 9.17) is 11.6 Å². The van der Waals surface area contributed by atoms with Crippen LogP contribution in [-0.2, 0) is 0 Å². The zero-order valence-electron chi connectivity index (χ0n) is 17.3. The summed E-state index contributed by atoms with van der Waals surface area (Å²) in [5, 5.41) is 5.11. The van der Waals surface area contributed by atoms with E-state index >= 15 is 0 Å². The van der Waals surface area contributed by atoms with E-state index in [0.717, 1.165) is 29.9 Å². The molecule has 8 heteroatoms. The lowest BCUT2D eigenvalue weighted by molar-refractivity contribution is 0.549. The molecule has 3 heterocycles. The van der Waals surface area contributed by atoms with Crippen LogP contribution in [0.15, 0.2) is 59.5 Å². The van der Waals surface area contributed by atoms with E-state index in [1.165, 1.54) is 27.3 Å². The number of halogens is 1. The Labute approximate surface area is 189 Å². The van der Waals surface area contributed by atoms with Crippen LogP contribution < -0.4 is 15.4 Å². The summed E-state index contributed by atoms with van der Waals surface area (Å²) in [7, 11) is 0. The summed E-state index contributed by atoms with van der Waals surface area (Å²) >= 11 is 7.97. The van der Waals surface area contributed by atoms with Gasteiger partial charge in [-0.05, 0) is 38.1 Å². The number of para-hydroxylation sites is 1. The Morgan fingerprint density at radius 3 is 2.61 bits per heavy atom. The Hall–Kier alpha value is -2.90. The standard InChI is InChI=1S/C23H22ClN5OS/c1-15-7-9-17(10-8-15)28-12-11-27(14-16(28)2)19-13-25-29(22(30)21(19)24)23-26-18-5-3-4-6-20(18)31-23/h3-10,13,16H,11-12,14H2,1-2H3. The van der Waals surface area contributed by atoms with Gasteiger partial charge >= 0.3 is 0 Å². The van der Waals surface area contributed by atoms with Crippen molar-refractivity contribution in [2.24, 2.45) is 0 Å². The minimum absolute atomic E-state index is 0.185. The molecule has 1 aliphatic heterocycles. The van der Waals surface area contributed by atoms with Crippen LogP contribution in [0.1, 0.15) is 12.5 Å². The number of hydrogen-bond acceptors (Lipinski definition) is 6. The van der Waals surface area contributed by atoms with E-state index in [1.54, 1.807) is 6.20 Å². The lowest BCUT2D eigenvalue weighted by atomic mass is 10.1. The maximum absolute atomic E-state index is 13.0. The van der Waals surface area contributed by atoms with Gasteiger partial charge in [0.1, 0.15) is 5.02 Å². The fraction of sp³-hybridized carbons (Fsp3) is 0.261. The van der Waals surface area contributed by atoms with Gasteiger partial charge in [0.25, 0.3) is 5.56 Å². The minimum atomic E-state index is -0.341. The molecule has 6 nitrogen and oxygen atoms in total. The van der Waals surface area contributed by atoms with Crippen LogP contribution in [0.4, 0.5) is 11.4 Å². The first kappa shape index (κ1) is 20.0. The van der Waals surface area contributed by atoms with Gasteiger partial charge in [-0.2, -0.15) is 9.78 Å². The summed E-state index contributed by atoms with van der Waals surface area (Å²) in [6, 6.07) is 16.7. The third-order valence-corrected chi connectivity index (χ3v) is 7.07. The van der Waals surface area contributed by atoms with Crippen molar-refractivity contribution in [2.75, 3.05) is 29.4 Å². The monoisotopic (exact) mass is 451 g/mol. The van der Waals surface area contributed by atoms with Crippen molar-refractivity contribution in [1.82, 2.24) is 14.8 Å². The molecule has 1 aliphatic rings. The summed E-state index contributed by atoms with van der Waals surface area (Å²) in [5.74, 6) is 0. The van der Waals surface area contributed by atoms with Gasteiger partial charge in [-0.1, -0.05) is 52.8 Å². The van der Waals surface area contributed by atoms with Crippen molar-refractivity contribution in [3.05, 3.63) is 75.7 Å². The molecule has 0 radical (unpaired) electrons. The van der Waals surface area contributed by atoms with E-state index in [1.807, 2.05) is 24.3 Å². The molecule has 1 atom stereocenters. The molecule has 1 saturated heterocycles. The number of aryl methyl sites for hydroxylation is 1. The Morgan fingerprint density at radius 2 is 1.87 bits per heavy atom. The predicted octanol–water partition coefficient (Wildman–Crippen LogP) is 4.52. The molecule has 5 rings (SSSR count). The van der Waals surface area contributed by atoms with E-state index < -0.39 is 0 Å². The number of benzene rings is 2. The van der Waals surface area contributed by atoms with Crippen molar-refractivity contribution in [2.45, 2.75) is 19.9 Å². The smallest absolute Gasteiger partial charge is 0.294 e. The molecule has 0 amide bonds. The van der Waals surface area contributed by atoms with Crippen LogP contribution in [0.25, 0.3) is 15.3 Å². The lowest BCUT2D eigenvalue weighted by Crippen LogP contribution is -2.52. The number of anilines is 2. The second-order valence-electron chi connectivity index (χ2n) is 7.85. The molecule has 0 N–H and O–H groups in total. The Kier molecular flexibility index (Phi) is 5.16. The molecular formula is C23H22ClN5OS. The number of rotatable bonds is 3. The maximum atomic E-state index is 13.0. The van der Waals surface area contributed by atoms with Crippen molar-refractivity contribution >= 4 is 44.5 Å². The second kappa shape index (κ2) is 7.98. The molecule has 2 aromatic carbocycles. The van der Waals surface area contributed by atoms with Crippen LogP contribution in [0.3, 0.4) is 0 Å². The van der Waals surface area contributed by atoms with Gasteiger partial charge in [0.15, 0.2) is 0 Å². The molecule has 0 bridgehead atoms. The third-order valence-electron chi connectivity index (χ3n) is 5.70. The average Bonchev–Trinajstić information content (AvgIpc) is 3.20. The van der Waals surface area contributed by atoms with Gasteiger partial charge in [-0.3, -0.25) is 4.79 Å². The minimum Gasteiger partial charge on any atom is -0.365 e. The highest BCUT2D eigenvalue weighted by Gasteiger charge is 2.27. The van der Waals surface area contributed by atoms with E-state index in [-0.39, 0.29) is 16.6 Å². The van der Waals surface area contributed by atoms with Crippen molar-refractivity contribution in [1.29, 1.82) is 0 Å². The van der Waals surface area contributed by atoms with E-state index in [0.29, 0.717) is 10.8 Å². The van der Waals surface area contributed by atoms with Crippen molar-refractivity contribution < 1.29 is 0 Å². The van der Waals surface area contributed by atoms with E-state index in [2.05, 4.69) is 58.0 Å². The first-order valence-electron chi connectivity index (χ1n) is 10.2. The average molecular weight is 452 g/mol. The normalized spacial score (nSPS) is 16.8. The van der Waals surface area contributed by atoms with Crippen molar-refractivity contribution in [3.8, 4) is 5.13 Å². The highest BCUT2D eigenvalue weighted by Crippen LogP contribution is 2.28. The molecular weight excluding hydrogens is 430 g/mol. The Bertz CT molecular complexity index is 1270. The molecule has 31 heavy (non-hydrogen) atoms. The zero-order chi connectivity index (χ0) is 21.5. The Morgan fingerprint density at radius 1 is 1.10 bits per heavy atom. The first-order valence-corrected chi connectivity index (χ1v) is 11.4.